The summed E-state index contributed by atoms with van der Waals surface area (Å²) in [6.07, 6.45) is 2.74. The van der Waals surface area contributed by atoms with Gasteiger partial charge in [0, 0.05) is 6.54 Å². The molecular weight excluding hydrogens is 64.0 g/mol. The Morgan fingerprint density at radius 1 is 1.80 bits per heavy atom. The molecule has 1 rings (SSSR count). The van der Waals surface area contributed by atoms with E-state index >= 15 is 0 Å². The molecule has 27 valence electrons. The molecule has 0 fully saturated rings. The molecule has 2 heteroatoms. The third-order valence-corrected chi connectivity index (χ3v) is 0.507. The van der Waals surface area contributed by atoms with Gasteiger partial charge in [0.05, 0.1) is 12.9 Å². The second-order valence-corrected chi connectivity index (χ2v) is 0.901. The first kappa shape index (κ1) is 2.85. The highest BCUT2D eigenvalue weighted by Gasteiger charge is 1.83. The maximum Gasteiger partial charge on any atom is 0.0892 e. The molecule has 0 saturated carbocycles. The van der Waals surface area contributed by atoms with Gasteiger partial charge in [-0.2, -0.15) is 0 Å². The Labute approximate surface area is 30.9 Å². The van der Waals surface area contributed by atoms with E-state index in [2.05, 4.69) is 16.5 Å². The van der Waals surface area contributed by atoms with Gasteiger partial charge in [-0.05, 0) is 0 Å². The highest BCUT2D eigenvalue weighted by atomic mass is 15.0. The molecule has 0 aromatic rings. The van der Waals surface area contributed by atoms with Crippen LogP contribution in [0.4, 0.5) is 0 Å². The first-order chi connectivity index (χ1) is 2.50. The topological polar surface area (TPSA) is 24.4 Å². The summed E-state index contributed by atoms with van der Waals surface area (Å²) < 4.78 is 0. The summed E-state index contributed by atoms with van der Waals surface area (Å²) in [7, 11) is 0. The molecule has 1 N–H and O–H groups in total. The minimum Gasteiger partial charge on any atom is -0.293 e. The van der Waals surface area contributed by atoms with Crippen molar-refractivity contribution in [1.82, 2.24) is 5.32 Å². The lowest BCUT2D eigenvalue weighted by atomic mass is 10.8. The third-order valence-electron chi connectivity index (χ3n) is 0.507. The van der Waals surface area contributed by atoms with E-state index in [-0.39, 0.29) is 0 Å². The molecule has 0 unspecified atom stereocenters. The highest BCUT2D eigenvalue weighted by Crippen LogP contribution is 1.67. The predicted molar refractivity (Wildman–Crippen MR) is 20.3 cm³/mol. The normalized spacial score (nSPS) is 20.8. The van der Waals surface area contributed by atoms with Crippen molar-refractivity contribution in [1.29, 1.82) is 0 Å². The van der Waals surface area contributed by atoms with Crippen molar-refractivity contribution in [3.05, 3.63) is 0 Å². The highest BCUT2D eigenvalue weighted by molar-refractivity contribution is 5.61. The van der Waals surface area contributed by atoms with Gasteiger partial charge in [-0.15, -0.1) is 0 Å². The monoisotopic (exact) mass is 69.0 g/mol. The zero-order valence-electron chi connectivity index (χ0n) is 2.86. The summed E-state index contributed by atoms with van der Waals surface area (Å²) in [5.74, 6) is 0. The molecule has 1 aliphatic heterocycles. The molecule has 0 saturated heterocycles. The lowest BCUT2D eigenvalue weighted by Crippen LogP contribution is -2.06. The van der Waals surface area contributed by atoms with Crippen molar-refractivity contribution < 1.29 is 0 Å². The largest absolute Gasteiger partial charge is 0.293 e. The van der Waals surface area contributed by atoms with Crippen LogP contribution in [0.1, 0.15) is 0 Å². The molecule has 0 aliphatic carbocycles. The van der Waals surface area contributed by atoms with Gasteiger partial charge in [0.15, 0.2) is 0 Å². The number of rotatable bonds is 0. The van der Waals surface area contributed by atoms with Gasteiger partial charge in [0.25, 0.3) is 0 Å². The molecule has 5 heavy (non-hydrogen) atoms. The van der Waals surface area contributed by atoms with E-state index in [9.17, 15) is 0 Å². The van der Waals surface area contributed by atoms with Crippen molar-refractivity contribution in [3.8, 4) is 0 Å². The molecule has 1 heterocycles. The van der Waals surface area contributed by atoms with E-state index in [1.165, 1.54) is 0 Å². The van der Waals surface area contributed by atoms with E-state index in [1.807, 2.05) is 0 Å². The van der Waals surface area contributed by atoms with Crippen LogP contribution in [0.2, 0.25) is 0 Å². The molecule has 0 aromatic heterocycles. The van der Waals surface area contributed by atoms with Gasteiger partial charge in [0.2, 0.25) is 0 Å². The maximum atomic E-state index is 3.72. The number of hydrogen-bond acceptors (Lipinski definition) is 2. The standard InChI is InChI=1S/C3H5N2/c1-2-5-3-4-1/h4H,1,3H2. The molecule has 0 amide bonds. The number of nitrogens with one attached hydrogen (secondary N) is 1. The van der Waals surface area contributed by atoms with Crippen LogP contribution in [0.5, 0.6) is 0 Å². The zero-order valence-corrected chi connectivity index (χ0v) is 2.86. The third kappa shape index (κ3) is 0.450. The minimum absolute atomic E-state index is 0.764. The summed E-state index contributed by atoms with van der Waals surface area (Å²) >= 11 is 0. The Balaban J connectivity index is 2.32. The van der Waals surface area contributed by atoms with Crippen LogP contribution in [0, 0.1) is 0 Å². The summed E-state index contributed by atoms with van der Waals surface area (Å²) in [4.78, 5) is 3.72. The second-order valence-electron chi connectivity index (χ2n) is 0.901. The molecule has 2 nitrogen and oxygen atoms in total. The van der Waals surface area contributed by atoms with Crippen molar-refractivity contribution in [2.24, 2.45) is 4.99 Å². The molecule has 1 aliphatic rings. The van der Waals surface area contributed by atoms with Crippen molar-refractivity contribution in [2.45, 2.75) is 0 Å². The lowest BCUT2D eigenvalue weighted by molar-refractivity contribution is 0.851. The average Bonchev–Trinajstić information content (AvgIpc) is 1.76. The fraction of sp³-hybridized carbons (Fsp3) is 0.667. The Hall–Kier alpha value is -0.370. The van der Waals surface area contributed by atoms with E-state index in [4.69, 9.17) is 0 Å². The van der Waals surface area contributed by atoms with Gasteiger partial charge in [0.1, 0.15) is 0 Å². The molecule has 1 radical (unpaired) electrons. The number of nitrogens with zero attached hydrogens (tertiary/aromatic N) is 1. The smallest absolute Gasteiger partial charge is 0.0892 e. The van der Waals surface area contributed by atoms with E-state index < -0.39 is 0 Å². The van der Waals surface area contributed by atoms with Crippen LogP contribution in [-0.4, -0.2) is 19.4 Å². The lowest BCUT2D eigenvalue weighted by Gasteiger charge is -1.75. The SMILES string of the molecule is [C]1=NCNC1. The Morgan fingerprint density at radius 3 is 3.00 bits per heavy atom. The summed E-state index contributed by atoms with van der Waals surface area (Å²) in [5.41, 5.74) is 0. The average molecular weight is 69.1 g/mol. The molecular formula is C3H5N2. The minimum atomic E-state index is 0.764. The molecule has 0 aromatic carbocycles. The fourth-order valence-electron chi connectivity index (χ4n) is 0.280. The van der Waals surface area contributed by atoms with Gasteiger partial charge in [-0.3, -0.25) is 10.3 Å². The summed E-state index contributed by atoms with van der Waals surface area (Å²) in [6, 6.07) is 0. The van der Waals surface area contributed by atoms with Crippen LogP contribution in [0.25, 0.3) is 0 Å². The Bertz CT molecular complexity index is 42.9. The number of hydrogen-bond donors (Lipinski definition) is 1. The fourth-order valence-corrected chi connectivity index (χ4v) is 0.280. The quantitative estimate of drug-likeness (QED) is 0.407. The molecule has 0 spiro atoms. The van der Waals surface area contributed by atoms with E-state index in [0.29, 0.717) is 0 Å². The van der Waals surface area contributed by atoms with Gasteiger partial charge < -0.3 is 0 Å². The first-order valence-corrected chi connectivity index (χ1v) is 1.60. The van der Waals surface area contributed by atoms with Crippen LogP contribution in [-0.2, 0) is 0 Å². The van der Waals surface area contributed by atoms with E-state index in [1.54, 1.807) is 0 Å². The predicted octanol–water partition coefficient (Wildman–Crippen LogP) is -0.505. The van der Waals surface area contributed by atoms with Gasteiger partial charge in [-0.25, -0.2) is 0 Å². The van der Waals surface area contributed by atoms with Crippen molar-refractivity contribution in [2.75, 3.05) is 13.2 Å². The van der Waals surface area contributed by atoms with Crippen LogP contribution >= 0.6 is 0 Å². The van der Waals surface area contributed by atoms with Gasteiger partial charge in [-0.1, -0.05) is 0 Å². The Kier molecular flexibility index (Phi) is 0.667. The van der Waals surface area contributed by atoms with Crippen molar-refractivity contribution in [3.63, 3.8) is 0 Å². The zero-order chi connectivity index (χ0) is 3.54. The van der Waals surface area contributed by atoms with Crippen molar-refractivity contribution >= 4 is 6.21 Å². The van der Waals surface area contributed by atoms with Crippen LogP contribution in [0.3, 0.4) is 0 Å². The van der Waals surface area contributed by atoms with E-state index in [0.717, 1.165) is 13.2 Å². The summed E-state index contributed by atoms with van der Waals surface area (Å²) in [6.45, 7) is 1.60. The first-order valence-electron chi connectivity index (χ1n) is 1.60. The van der Waals surface area contributed by atoms with Gasteiger partial charge >= 0.3 is 0 Å². The van der Waals surface area contributed by atoms with Crippen LogP contribution in [0.15, 0.2) is 4.99 Å². The second kappa shape index (κ2) is 1.17. The molecule has 0 atom stereocenters. The molecule has 0 bridgehead atoms. The maximum absolute atomic E-state index is 3.72. The number of aliphatic imine (C=N–C) groups is 1. The van der Waals surface area contributed by atoms with Crippen LogP contribution < -0.4 is 5.32 Å². The summed E-state index contributed by atoms with van der Waals surface area (Å²) in [5, 5.41) is 2.94. The Morgan fingerprint density at radius 2 is 2.80 bits per heavy atom.